The van der Waals surface area contributed by atoms with Gasteiger partial charge in [-0.2, -0.15) is 5.10 Å². The molecule has 0 bridgehead atoms. The van der Waals surface area contributed by atoms with E-state index in [2.05, 4.69) is 5.10 Å². The first kappa shape index (κ1) is 17.0. The van der Waals surface area contributed by atoms with Gasteiger partial charge in [0.1, 0.15) is 5.92 Å². The SMILES string of the molecule is CCOC(=O)C1=NN(c2ccccc2)C[C@@H]1C(=O)OCC(C)C. The molecule has 23 heavy (non-hydrogen) atoms. The van der Waals surface area contributed by atoms with Crippen molar-refractivity contribution >= 4 is 23.3 Å². The minimum absolute atomic E-state index is 0.101. The van der Waals surface area contributed by atoms with Gasteiger partial charge in [-0.3, -0.25) is 9.80 Å². The number of carbonyl (C=O) groups excluding carboxylic acids is 2. The Morgan fingerprint density at radius 3 is 2.57 bits per heavy atom. The molecule has 1 atom stereocenters. The second-order valence-corrected chi connectivity index (χ2v) is 5.70. The lowest BCUT2D eigenvalue weighted by Gasteiger charge is -2.16. The minimum Gasteiger partial charge on any atom is -0.465 e. The molecule has 1 aromatic carbocycles. The van der Waals surface area contributed by atoms with Gasteiger partial charge >= 0.3 is 11.9 Å². The number of ether oxygens (including phenoxy) is 2. The van der Waals surface area contributed by atoms with E-state index in [-0.39, 0.29) is 24.8 Å². The number of esters is 2. The first-order valence-electron chi connectivity index (χ1n) is 7.77. The molecule has 6 heteroatoms. The van der Waals surface area contributed by atoms with Crippen LogP contribution in [0, 0.1) is 11.8 Å². The average Bonchev–Trinajstić information content (AvgIpc) is 2.99. The van der Waals surface area contributed by atoms with Crippen molar-refractivity contribution in [2.75, 3.05) is 24.8 Å². The van der Waals surface area contributed by atoms with Gasteiger partial charge in [0.15, 0.2) is 5.71 Å². The van der Waals surface area contributed by atoms with E-state index in [1.54, 1.807) is 11.9 Å². The summed E-state index contributed by atoms with van der Waals surface area (Å²) in [4.78, 5) is 24.4. The molecule has 1 aromatic rings. The topological polar surface area (TPSA) is 68.2 Å². The van der Waals surface area contributed by atoms with Crippen molar-refractivity contribution in [3.63, 3.8) is 0 Å². The number of nitrogens with zero attached hydrogens (tertiary/aromatic N) is 2. The Hall–Kier alpha value is -2.37. The second kappa shape index (κ2) is 7.76. The number of rotatable bonds is 6. The Morgan fingerprint density at radius 2 is 1.96 bits per heavy atom. The molecule has 0 fully saturated rings. The molecule has 2 rings (SSSR count). The van der Waals surface area contributed by atoms with E-state index in [9.17, 15) is 9.59 Å². The molecule has 0 N–H and O–H groups in total. The smallest absolute Gasteiger partial charge is 0.355 e. The van der Waals surface area contributed by atoms with Crippen molar-refractivity contribution in [1.29, 1.82) is 0 Å². The van der Waals surface area contributed by atoms with Crippen LogP contribution in [0.3, 0.4) is 0 Å². The Morgan fingerprint density at radius 1 is 1.26 bits per heavy atom. The van der Waals surface area contributed by atoms with Crippen molar-refractivity contribution in [2.45, 2.75) is 20.8 Å². The summed E-state index contributed by atoms with van der Waals surface area (Å²) in [7, 11) is 0. The highest BCUT2D eigenvalue weighted by Gasteiger charge is 2.39. The van der Waals surface area contributed by atoms with Gasteiger partial charge in [-0.25, -0.2) is 4.79 Å². The zero-order chi connectivity index (χ0) is 16.8. The van der Waals surface area contributed by atoms with Crippen LogP contribution in [0.1, 0.15) is 20.8 Å². The van der Waals surface area contributed by atoms with E-state index in [0.717, 1.165) is 5.69 Å². The third-order valence-electron chi connectivity index (χ3n) is 3.30. The fourth-order valence-corrected chi connectivity index (χ4v) is 2.19. The first-order chi connectivity index (χ1) is 11.0. The molecular formula is C17H22N2O4. The van der Waals surface area contributed by atoms with Crippen molar-refractivity contribution in [3.8, 4) is 0 Å². The Balaban J connectivity index is 2.18. The lowest BCUT2D eigenvalue weighted by Crippen LogP contribution is -2.33. The van der Waals surface area contributed by atoms with E-state index in [0.29, 0.717) is 6.61 Å². The molecule has 124 valence electrons. The molecule has 0 aromatic heterocycles. The average molecular weight is 318 g/mol. The Bertz CT molecular complexity index is 584. The number of hydrazone groups is 1. The first-order valence-corrected chi connectivity index (χ1v) is 7.77. The number of anilines is 1. The van der Waals surface area contributed by atoms with Crippen molar-refractivity contribution in [1.82, 2.24) is 0 Å². The number of hydrogen-bond donors (Lipinski definition) is 0. The van der Waals surface area contributed by atoms with Crippen LogP contribution >= 0.6 is 0 Å². The molecule has 1 aliphatic rings. The molecule has 0 saturated heterocycles. The third-order valence-corrected chi connectivity index (χ3v) is 3.30. The van der Waals surface area contributed by atoms with Crippen LogP contribution in [0.15, 0.2) is 35.4 Å². The molecule has 0 saturated carbocycles. The lowest BCUT2D eigenvalue weighted by molar-refractivity contribution is -0.148. The largest absolute Gasteiger partial charge is 0.465 e. The van der Waals surface area contributed by atoms with E-state index in [4.69, 9.17) is 9.47 Å². The maximum absolute atomic E-state index is 12.3. The van der Waals surface area contributed by atoms with Gasteiger partial charge in [0.05, 0.1) is 25.4 Å². The summed E-state index contributed by atoms with van der Waals surface area (Å²) in [6, 6.07) is 9.38. The number of carbonyl (C=O) groups is 2. The van der Waals surface area contributed by atoms with Gasteiger partial charge in [-0.15, -0.1) is 0 Å². The van der Waals surface area contributed by atoms with Gasteiger partial charge < -0.3 is 9.47 Å². The molecule has 1 heterocycles. The summed E-state index contributed by atoms with van der Waals surface area (Å²) in [6.07, 6.45) is 0. The van der Waals surface area contributed by atoms with Crippen LogP contribution in [-0.2, 0) is 19.1 Å². The van der Waals surface area contributed by atoms with Gasteiger partial charge in [-0.1, -0.05) is 32.0 Å². The van der Waals surface area contributed by atoms with E-state index in [1.165, 1.54) is 0 Å². The number of hydrogen-bond acceptors (Lipinski definition) is 6. The lowest BCUT2D eigenvalue weighted by atomic mass is 10.0. The summed E-state index contributed by atoms with van der Waals surface area (Å²) in [5.41, 5.74) is 0.915. The van der Waals surface area contributed by atoms with Crippen LogP contribution in [0.25, 0.3) is 0 Å². The minimum atomic E-state index is -0.729. The number of benzene rings is 1. The van der Waals surface area contributed by atoms with Gasteiger partial charge in [0.2, 0.25) is 0 Å². The van der Waals surface area contributed by atoms with Crippen molar-refractivity contribution < 1.29 is 19.1 Å². The molecule has 6 nitrogen and oxygen atoms in total. The van der Waals surface area contributed by atoms with Crippen LogP contribution < -0.4 is 5.01 Å². The predicted molar refractivity (Wildman–Crippen MR) is 87.1 cm³/mol. The number of para-hydroxylation sites is 1. The Kier molecular flexibility index (Phi) is 5.73. The quantitative estimate of drug-likeness (QED) is 0.753. The van der Waals surface area contributed by atoms with Crippen molar-refractivity contribution in [3.05, 3.63) is 30.3 Å². The summed E-state index contributed by atoms with van der Waals surface area (Å²) < 4.78 is 10.3. The van der Waals surface area contributed by atoms with Crippen LogP contribution in [0.5, 0.6) is 0 Å². The summed E-state index contributed by atoms with van der Waals surface area (Å²) >= 11 is 0. The zero-order valence-electron chi connectivity index (χ0n) is 13.7. The van der Waals surface area contributed by atoms with E-state index in [1.807, 2.05) is 44.2 Å². The second-order valence-electron chi connectivity index (χ2n) is 5.70. The van der Waals surface area contributed by atoms with Gasteiger partial charge in [0, 0.05) is 0 Å². The molecule has 0 spiro atoms. The van der Waals surface area contributed by atoms with Crippen LogP contribution in [-0.4, -0.2) is 37.4 Å². The fourth-order valence-electron chi connectivity index (χ4n) is 2.19. The summed E-state index contributed by atoms with van der Waals surface area (Å²) in [5.74, 6) is -1.51. The molecule has 0 amide bonds. The van der Waals surface area contributed by atoms with Crippen molar-refractivity contribution in [2.24, 2.45) is 16.9 Å². The monoisotopic (exact) mass is 318 g/mol. The maximum Gasteiger partial charge on any atom is 0.355 e. The van der Waals surface area contributed by atoms with E-state index >= 15 is 0 Å². The van der Waals surface area contributed by atoms with Gasteiger partial charge in [0.25, 0.3) is 0 Å². The fraction of sp³-hybridized carbons (Fsp3) is 0.471. The summed E-state index contributed by atoms with van der Waals surface area (Å²) in [5, 5.41) is 5.91. The normalized spacial score (nSPS) is 17.1. The van der Waals surface area contributed by atoms with Crippen LogP contribution in [0.2, 0.25) is 0 Å². The molecular weight excluding hydrogens is 296 g/mol. The third kappa shape index (κ3) is 4.31. The molecule has 0 radical (unpaired) electrons. The summed E-state index contributed by atoms with van der Waals surface area (Å²) in [6.45, 7) is 6.45. The highest BCUT2D eigenvalue weighted by atomic mass is 16.5. The maximum atomic E-state index is 12.3. The van der Waals surface area contributed by atoms with Crippen LogP contribution in [0.4, 0.5) is 5.69 Å². The zero-order valence-corrected chi connectivity index (χ0v) is 13.7. The highest BCUT2D eigenvalue weighted by molar-refractivity contribution is 6.41. The molecule has 0 aliphatic carbocycles. The molecule has 0 unspecified atom stereocenters. The molecule has 1 aliphatic heterocycles. The highest BCUT2D eigenvalue weighted by Crippen LogP contribution is 2.23. The Labute approximate surface area is 136 Å². The van der Waals surface area contributed by atoms with E-state index < -0.39 is 17.9 Å². The standard InChI is InChI=1S/C17H22N2O4/c1-4-22-17(21)15-14(16(20)23-11-12(2)3)10-19(18-15)13-8-6-5-7-9-13/h5-9,12,14H,4,10-11H2,1-3H3/t14-/m0/s1. The van der Waals surface area contributed by atoms with Gasteiger partial charge in [-0.05, 0) is 25.0 Å². The predicted octanol–water partition coefficient (Wildman–Crippen LogP) is 2.24.